The van der Waals surface area contributed by atoms with Crippen molar-refractivity contribution >= 4 is 35.2 Å². The lowest BCUT2D eigenvalue weighted by molar-refractivity contribution is -0.147. The maximum atomic E-state index is 13.3. The second-order valence-electron chi connectivity index (χ2n) is 9.61. The van der Waals surface area contributed by atoms with Crippen LogP contribution in [0.2, 0.25) is 0 Å². The van der Waals surface area contributed by atoms with E-state index in [1.807, 2.05) is 26.8 Å². The minimum absolute atomic E-state index is 0.0763. The van der Waals surface area contributed by atoms with Gasteiger partial charge in [-0.3, -0.25) is 19.2 Å². The molecule has 11 heteroatoms. The van der Waals surface area contributed by atoms with Gasteiger partial charge in [0.05, 0.1) is 23.9 Å². The molecule has 188 valence electrons. The number of rotatable bonds is 9. The number of primary amides is 1. The summed E-state index contributed by atoms with van der Waals surface area (Å²) >= 11 is 6.26. The summed E-state index contributed by atoms with van der Waals surface area (Å²) in [6.45, 7) is 5.53. The van der Waals surface area contributed by atoms with E-state index in [4.69, 9.17) is 23.1 Å². The minimum Gasteiger partial charge on any atom is -0.381 e. The van der Waals surface area contributed by atoms with Gasteiger partial charge >= 0.3 is 0 Å². The highest BCUT2D eigenvalue weighted by atomic mass is 35.5. The third-order valence-electron chi connectivity index (χ3n) is 5.35. The van der Waals surface area contributed by atoms with Gasteiger partial charge in [-0.15, -0.1) is 11.6 Å². The van der Waals surface area contributed by atoms with E-state index in [1.165, 1.54) is 4.90 Å². The largest absolute Gasteiger partial charge is 0.381 e. The zero-order valence-corrected chi connectivity index (χ0v) is 20.4. The molecule has 34 heavy (non-hydrogen) atoms. The van der Waals surface area contributed by atoms with Crippen LogP contribution in [0.3, 0.4) is 0 Å². The number of carbonyl (C=O) groups excluding carboxylic acids is 4. The third-order valence-corrected chi connectivity index (χ3v) is 5.67. The molecule has 0 aliphatic carbocycles. The highest BCUT2D eigenvalue weighted by molar-refractivity contribution is 6.21. The first-order valence-electron chi connectivity index (χ1n) is 11.1. The molecule has 3 unspecified atom stereocenters. The molecule has 7 N–H and O–H groups in total. The van der Waals surface area contributed by atoms with Crippen molar-refractivity contribution in [2.45, 2.75) is 75.2 Å². The SMILES string of the molecule is CC(C)(C)NC(=O)[C@@H]1CC(Cl)CN1C(=O)C(O)C(Cc1ccccc1)NC(=O)[C@@H](N)CC(N)=O. The van der Waals surface area contributed by atoms with E-state index in [1.54, 1.807) is 24.3 Å². The molecule has 0 spiro atoms. The molecule has 1 aliphatic rings. The highest BCUT2D eigenvalue weighted by Gasteiger charge is 2.43. The molecule has 0 aromatic heterocycles. The Morgan fingerprint density at radius 3 is 2.38 bits per heavy atom. The lowest BCUT2D eigenvalue weighted by Gasteiger charge is -2.32. The molecule has 1 aromatic carbocycles. The van der Waals surface area contributed by atoms with Gasteiger partial charge in [-0.05, 0) is 39.2 Å². The van der Waals surface area contributed by atoms with Gasteiger partial charge in [0.25, 0.3) is 5.91 Å². The molecule has 10 nitrogen and oxygen atoms in total. The molecule has 1 aromatic rings. The maximum absolute atomic E-state index is 13.3. The third kappa shape index (κ3) is 7.96. The topological polar surface area (TPSA) is 168 Å². The van der Waals surface area contributed by atoms with Crippen LogP contribution in [0.1, 0.15) is 39.2 Å². The molecule has 0 saturated carbocycles. The van der Waals surface area contributed by atoms with E-state index < -0.39 is 52.9 Å². The summed E-state index contributed by atoms with van der Waals surface area (Å²) in [6, 6.07) is 5.79. The number of aliphatic hydroxyl groups excluding tert-OH is 1. The van der Waals surface area contributed by atoms with Crippen molar-refractivity contribution in [1.82, 2.24) is 15.5 Å². The molecule has 2 rings (SSSR count). The Labute approximate surface area is 204 Å². The van der Waals surface area contributed by atoms with Crippen LogP contribution in [0.25, 0.3) is 0 Å². The predicted octanol–water partition coefficient (Wildman–Crippen LogP) is -0.599. The normalized spacial score (nSPS) is 20.8. The fourth-order valence-corrected chi connectivity index (χ4v) is 4.10. The summed E-state index contributed by atoms with van der Waals surface area (Å²) < 4.78 is 0. The molecule has 1 aliphatic heterocycles. The lowest BCUT2D eigenvalue weighted by Crippen LogP contribution is -2.58. The monoisotopic (exact) mass is 495 g/mol. The Hall–Kier alpha value is -2.69. The number of nitrogens with two attached hydrogens (primary N) is 2. The van der Waals surface area contributed by atoms with E-state index in [0.717, 1.165) is 5.56 Å². The summed E-state index contributed by atoms with van der Waals surface area (Å²) in [7, 11) is 0. The summed E-state index contributed by atoms with van der Waals surface area (Å²) in [6.07, 6.45) is -1.72. The Morgan fingerprint density at radius 2 is 1.82 bits per heavy atom. The van der Waals surface area contributed by atoms with Gasteiger partial charge in [0.2, 0.25) is 17.7 Å². The first kappa shape index (κ1) is 27.6. The molecule has 0 bridgehead atoms. The number of benzene rings is 1. The van der Waals surface area contributed by atoms with E-state index in [2.05, 4.69) is 10.6 Å². The number of likely N-dealkylation sites (tertiary alicyclic amines) is 1. The van der Waals surface area contributed by atoms with Gasteiger partial charge in [0.1, 0.15) is 6.04 Å². The van der Waals surface area contributed by atoms with Crippen LogP contribution in [-0.2, 0) is 25.6 Å². The average Bonchev–Trinajstić information content (AvgIpc) is 3.13. The van der Waals surface area contributed by atoms with Crippen molar-refractivity contribution in [2.75, 3.05) is 6.54 Å². The van der Waals surface area contributed by atoms with Gasteiger partial charge in [-0.1, -0.05) is 30.3 Å². The first-order valence-corrected chi connectivity index (χ1v) is 11.5. The molecule has 0 radical (unpaired) electrons. The molecular weight excluding hydrogens is 462 g/mol. The van der Waals surface area contributed by atoms with Crippen LogP contribution in [0, 0.1) is 0 Å². The van der Waals surface area contributed by atoms with E-state index in [-0.39, 0.29) is 31.7 Å². The summed E-state index contributed by atoms with van der Waals surface area (Å²) in [5.41, 5.74) is 11.1. The summed E-state index contributed by atoms with van der Waals surface area (Å²) in [5.74, 6) is -2.59. The van der Waals surface area contributed by atoms with Crippen LogP contribution >= 0.6 is 11.6 Å². The smallest absolute Gasteiger partial charge is 0.254 e. The number of alkyl halides is 1. The van der Waals surface area contributed by atoms with E-state index in [0.29, 0.717) is 0 Å². The number of halogens is 1. The summed E-state index contributed by atoms with van der Waals surface area (Å²) in [4.78, 5) is 51.0. The van der Waals surface area contributed by atoms with Gasteiger partial charge in [-0.25, -0.2) is 0 Å². The van der Waals surface area contributed by atoms with Crippen LogP contribution in [0.15, 0.2) is 30.3 Å². The van der Waals surface area contributed by atoms with Crippen LogP contribution in [0.4, 0.5) is 0 Å². The summed E-state index contributed by atoms with van der Waals surface area (Å²) in [5, 5.41) is 16.0. The Balaban J connectivity index is 2.24. The van der Waals surface area contributed by atoms with Crippen LogP contribution in [0.5, 0.6) is 0 Å². The molecule has 1 fully saturated rings. The Morgan fingerprint density at radius 1 is 1.21 bits per heavy atom. The van der Waals surface area contributed by atoms with Gasteiger partial charge in [-0.2, -0.15) is 0 Å². The van der Waals surface area contributed by atoms with Crippen LogP contribution in [-0.4, -0.2) is 75.3 Å². The fourth-order valence-electron chi connectivity index (χ4n) is 3.78. The highest BCUT2D eigenvalue weighted by Crippen LogP contribution is 2.25. The standard InChI is InChI=1S/C23H34ClN5O5/c1-23(2,3)28-21(33)17-10-14(24)12-29(17)22(34)19(31)16(9-13-7-5-4-6-8-13)27-20(32)15(25)11-18(26)30/h4-8,14-17,19,31H,9-12,25H2,1-3H3,(H2,26,30)(H,27,32)(H,28,33)/t14?,15-,16?,17-,19?/m0/s1. The lowest BCUT2D eigenvalue weighted by atomic mass is 9.99. The minimum atomic E-state index is -1.68. The number of nitrogens with zero attached hydrogens (tertiary/aromatic N) is 1. The number of hydrogen-bond donors (Lipinski definition) is 5. The molecule has 5 atom stereocenters. The van der Waals surface area contributed by atoms with E-state index in [9.17, 15) is 24.3 Å². The quantitative estimate of drug-likeness (QED) is 0.286. The zero-order chi connectivity index (χ0) is 25.6. The van der Waals surface area contributed by atoms with Crippen molar-refractivity contribution in [3.63, 3.8) is 0 Å². The van der Waals surface area contributed by atoms with Gasteiger partial charge < -0.3 is 32.1 Å². The van der Waals surface area contributed by atoms with Crippen LogP contribution < -0.4 is 22.1 Å². The molecule has 4 amide bonds. The number of carbonyl (C=O) groups is 4. The van der Waals surface area contributed by atoms with Crippen molar-refractivity contribution in [2.24, 2.45) is 11.5 Å². The van der Waals surface area contributed by atoms with E-state index >= 15 is 0 Å². The molecule has 1 heterocycles. The average molecular weight is 496 g/mol. The number of aliphatic hydroxyl groups is 1. The number of amides is 4. The second kappa shape index (κ2) is 11.6. The van der Waals surface area contributed by atoms with Crippen molar-refractivity contribution in [3.05, 3.63) is 35.9 Å². The number of hydrogen-bond acceptors (Lipinski definition) is 6. The van der Waals surface area contributed by atoms with Gasteiger partial charge in [0.15, 0.2) is 6.10 Å². The molecular formula is C23H34ClN5O5. The van der Waals surface area contributed by atoms with Gasteiger partial charge in [0, 0.05) is 12.1 Å². The zero-order valence-electron chi connectivity index (χ0n) is 19.7. The van der Waals surface area contributed by atoms with Crippen molar-refractivity contribution in [3.8, 4) is 0 Å². The number of nitrogens with one attached hydrogen (secondary N) is 2. The molecule has 1 saturated heterocycles. The second-order valence-corrected chi connectivity index (χ2v) is 10.2. The fraction of sp³-hybridized carbons (Fsp3) is 0.565. The van der Waals surface area contributed by atoms with Crippen molar-refractivity contribution < 1.29 is 24.3 Å². The first-order chi connectivity index (χ1) is 15.8. The maximum Gasteiger partial charge on any atom is 0.254 e. The predicted molar refractivity (Wildman–Crippen MR) is 128 cm³/mol. The Bertz CT molecular complexity index is 891. The Kier molecular flexibility index (Phi) is 9.43. The van der Waals surface area contributed by atoms with Crippen molar-refractivity contribution in [1.29, 1.82) is 0 Å².